The third-order valence-corrected chi connectivity index (χ3v) is 7.41. The van der Waals surface area contributed by atoms with E-state index in [1.807, 2.05) is 17.9 Å². The highest BCUT2D eigenvalue weighted by Crippen LogP contribution is 2.27. The van der Waals surface area contributed by atoms with Crippen LogP contribution in [-0.4, -0.2) is 63.4 Å². The van der Waals surface area contributed by atoms with Crippen molar-refractivity contribution in [1.82, 2.24) is 24.6 Å². The lowest BCUT2D eigenvalue weighted by molar-refractivity contribution is 0.141. The molecular formula is C22H31N7S. The first kappa shape index (κ1) is 19.8. The maximum Gasteiger partial charge on any atom is 0.229 e. The van der Waals surface area contributed by atoms with E-state index in [4.69, 9.17) is 9.97 Å². The molecule has 3 aromatic rings. The van der Waals surface area contributed by atoms with Gasteiger partial charge in [-0.15, -0.1) is 11.3 Å². The number of piperidine rings is 2. The van der Waals surface area contributed by atoms with Crippen LogP contribution in [0.5, 0.6) is 0 Å². The summed E-state index contributed by atoms with van der Waals surface area (Å²) in [5.74, 6) is 1.74. The lowest BCUT2D eigenvalue weighted by Gasteiger charge is -2.40. The molecule has 0 amide bonds. The molecule has 5 rings (SSSR count). The molecule has 0 unspecified atom stereocenters. The monoisotopic (exact) mass is 425 g/mol. The van der Waals surface area contributed by atoms with Crippen molar-refractivity contribution in [2.24, 2.45) is 7.05 Å². The predicted molar refractivity (Wildman–Crippen MR) is 123 cm³/mol. The number of anilines is 2. The minimum atomic E-state index is 0.727. The summed E-state index contributed by atoms with van der Waals surface area (Å²) < 4.78 is 1.85. The molecule has 2 aliphatic rings. The van der Waals surface area contributed by atoms with Crippen molar-refractivity contribution in [3.8, 4) is 0 Å². The van der Waals surface area contributed by atoms with Gasteiger partial charge in [-0.1, -0.05) is 12.5 Å². The Balaban J connectivity index is 1.30. The third kappa shape index (κ3) is 4.16. The van der Waals surface area contributed by atoms with Crippen LogP contribution in [0.4, 0.5) is 11.8 Å². The Morgan fingerprint density at radius 1 is 1.10 bits per heavy atom. The van der Waals surface area contributed by atoms with E-state index < -0.39 is 0 Å². The van der Waals surface area contributed by atoms with Gasteiger partial charge in [-0.3, -0.25) is 4.68 Å². The molecule has 5 heterocycles. The molecule has 0 radical (unpaired) electrons. The van der Waals surface area contributed by atoms with Crippen molar-refractivity contribution in [2.45, 2.75) is 44.6 Å². The van der Waals surface area contributed by atoms with Crippen LogP contribution >= 0.6 is 11.3 Å². The second-order valence-corrected chi connectivity index (χ2v) is 9.48. The van der Waals surface area contributed by atoms with Crippen LogP contribution in [0.1, 0.15) is 37.0 Å². The van der Waals surface area contributed by atoms with E-state index in [0.29, 0.717) is 0 Å². The molecule has 0 aliphatic carbocycles. The maximum absolute atomic E-state index is 4.93. The molecule has 7 nitrogen and oxygen atoms in total. The summed E-state index contributed by atoms with van der Waals surface area (Å²) in [5, 5.41) is 11.1. The number of aryl methyl sites for hydroxylation is 1. The maximum atomic E-state index is 4.93. The van der Waals surface area contributed by atoms with E-state index in [1.54, 1.807) is 11.3 Å². The molecule has 0 spiro atoms. The Morgan fingerprint density at radius 2 is 1.93 bits per heavy atom. The number of rotatable bonds is 6. The zero-order chi connectivity index (χ0) is 20.3. The van der Waals surface area contributed by atoms with Gasteiger partial charge in [-0.25, -0.2) is 0 Å². The minimum absolute atomic E-state index is 0.727. The smallest absolute Gasteiger partial charge is 0.229 e. The Bertz CT molecular complexity index is 953. The first-order chi connectivity index (χ1) is 14.8. The number of hydrogen-bond acceptors (Lipinski definition) is 7. The van der Waals surface area contributed by atoms with Crippen molar-refractivity contribution >= 4 is 34.1 Å². The summed E-state index contributed by atoms with van der Waals surface area (Å²) in [7, 11) is 1.96. The number of nitrogens with zero attached hydrogens (tertiary/aromatic N) is 6. The Labute approximate surface area is 182 Å². The molecule has 3 aromatic heterocycles. The zero-order valence-corrected chi connectivity index (χ0v) is 18.6. The molecule has 8 heteroatoms. The molecule has 1 N–H and O–H groups in total. The lowest BCUT2D eigenvalue weighted by Crippen LogP contribution is -2.47. The summed E-state index contributed by atoms with van der Waals surface area (Å²) >= 11 is 1.80. The van der Waals surface area contributed by atoms with Crippen molar-refractivity contribution in [3.05, 3.63) is 28.6 Å². The summed E-state index contributed by atoms with van der Waals surface area (Å²) in [6.45, 7) is 5.47. The van der Waals surface area contributed by atoms with Crippen LogP contribution in [0.15, 0.2) is 23.7 Å². The molecule has 2 fully saturated rings. The lowest BCUT2D eigenvalue weighted by atomic mass is 10.0. The average molecular weight is 426 g/mol. The first-order valence-electron chi connectivity index (χ1n) is 11.2. The number of likely N-dealkylation sites (tertiary alicyclic amines) is 1. The molecule has 2 saturated heterocycles. The highest BCUT2D eigenvalue weighted by atomic mass is 32.1. The molecule has 0 bridgehead atoms. The largest absolute Gasteiger partial charge is 0.369 e. The quantitative estimate of drug-likeness (QED) is 0.652. The van der Waals surface area contributed by atoms with Crippen molar-refractivity contribution in [2.75, 3.05) is 42.9 Å². The van der Waals surface area contributed by atoms with Crippen LogP contribution in [0.2, 0.25) is 0 Å². The summed E-state index contributed by atoms with van der Waals surface area (Å²) in [6, 6.07) is 5.02. The highest BCUT2D eigenvalue weighted by Gasteiger charge is 2.27. The average Bonchev–Trinajstić information content (AvgIpc) is 3.45. The number of nitrogens with one attached hydrogen (secondary N) is 1. The van der Waals surface area contributed by atoms with Crippen LogP contribution in [0.25, 0.3) is 11.0 Å². The van der Waals surface area contributed by atoms with E-state index in [0.717, 1.165) is 54.9 Å². The summed E-state index contributed by atoms with van der Waals surface area (Å²) in [5.41, 5.74) is 0.900. The fraction of sp³-hybridized carbons (Fsp3) is 0.591. The predicted octanol–water partition coefficient (Wildman–Crippen LogP) is 3.53. The SMILES string of the molecule is Cn1ncc2c(NCCc3cccs3)nc(N3CCC(N4CCCCC4)CC3)nc21. The Hall–Kier alpha value is -2.19. The highest BCUT2D eigenvalue weighted by molar-refractivity contribution is 7.09. The first-order valence-corrected chi connectivity index (χ1v) is 12.1. The van der Waals surface area contributed by atoms with Gasteiger partial charge >= 0.3 is 0 Å². The van der Waals surface area contributed by atoms with Crippen LogP contribution < -0.4 is 10.2 Å². The molecule has 0 aromatic carbocycles. The van der Waals surface area contributed by atoms with Gasteiger partial charge in [0.25, 0.3) is 0 Å². The number of hydrogen-bond donors (Lipinski definition) is 1. The van der Waals surface area contributed by atoms with Crippen LogP contribution in [-0.2, 0) is 13.5 Å². The number of fused-ring (bicyclic) bond motifs is 1. The van der Waals surface area contributed by atoms with Gasteiger partial charge in [0.1, 0.15) is 5.82 Å². The fourth-order valence-electron chi connectivity index (χ4n) is 4.76. The van der Waals surface area contributed by atoms with Crippen molar-refractivity contribution < 1.29 is 0 Å². The van der Waals surface area contributed by atoms with Gasteiger partial charge < -0.3 is 15.1 Å². The van der Waals surface area contributed by atoms with Crippen molar-refractivity contribution in [3.63, 3.8) is 0 Å². The Kier molecular flexibility index (Phi) is 5.86. The van der Waals surface area contributed by atoms with Gasteiger partial charge in [0.05, 0.1) is 11.6 Å². The van der Waals surface area contributed by atoms with E-state index in [9.17, 15) is 0 Å². The van der Waals surface area contributed by atoms with Gasteiger partial charge in [0.2, 0.25) is 5.95 Å². The van der Waals surface area contributed by atoms with Gasteiger partial charge in [0, 0.05) is 37.6 Å². The van der Waals surface area contributed by atoms with E-state index in [2.05, 4.69) is 37.7 Å². The molecular weight excluding hydrogens is 394 g/mol. The van der Waals surface area contributed by atoms with Crippen LogP contribution in [0, 0.1) is 0 Å². The molecule has 0 saturated carbocycles. The zero-order valence-electron chi connectivity index (χ0n) is 17.8. The normalized spacial score (nSPS) is 18.9. The molecule has 0 atom stereocenters. The van der Waals surface area contributed by atoms with Gasteiger partial charge in [-0.05, 0) is 56.6 Å². The second-order valence-electron chi connectivity index (χ2n) is 8.45. The number of aromatic nitrogens is 4. The molecule has 160 valence electrons. The van der Waals surface area contributed by atoms with Gasteiger partial charge in [0.15, 0.2) is 5.65 Å². The number of thiophene rings is 1. The Morgan fingerprint density at radius 3 is 2.70 bits per heavy atom. The fourth-order valence-corrected chi connectivity index (χ4v) is 5.47. The van der Waals surface area contributed by atoms with E-state index >= 15 is 0 Å². The topological polar surface area (TPSA) is 62.1 Å². The second kappa shape index (κ2) is 8.89. The molecule has 2 aliphatic heterocycles. The molecule has 30 heavy (non-hydrogen) atoms. The minimum Gasteiger partial charge on any atom is -0.369 e. The summed E-state index contributed by atoms with van der Waals surface area (Å²) in [6.07, 6.45) is 9.40. The standard InChI is InChI=1S/C22H31N7S/c1-27-21-19(16-24-27)20(23-10-7-18-6-5-15-30-18)25-22(26-21)29-13-8-17(9-14-29)28-11-3-2-4-12-28/h5-6,15-17H,2-4,7-14H2,1H3,(H,23,25,26). The van der Waals surface area contributed by atoms with E-state index in [-0.39, 0.29) is 0 Å². The third-order valence-electron chi connectivity index (χ3n) is 6.48. The van der Waals surface area contributed by atoms with Gasteiger partial charge in [-0.2, -0.15) is 15.1 Å². The van der Waals surface area contributed by atoms with Crippen LogP contribution in [0.3, 0.4) is 0 Å². The summed E-state index contributed by atoms with van der Waals surface area (Å²) in [4.78, 5) is 16.3. The van der Waals surface area contributed by atoms with Crippen molar-refractivity contribution in [1.29, 1.82) is 0 Å². The van der Waals surface area contributed by atoms with E-state index in [1.165, 1.54) is 50.1 Å².